The average Bonchev–Trinajstić information content (AvgIpc) is 3.01. The van der Waals surface area contributed by atoms with Gasteiger partial charge in [-0.1, -0.05) is 29.8 Å². The maximum Gasteiger partial charge on any atom is 0.267 e. The lowest BCUT2D eigenvalue weighted by Gasteiger charge is -2.14. The van der Waals surface area contributed by atoms with E-state index in [2.05, 4.69) is 0 Å². The van der Waals surface area contributed by atoms with Crippen molar-refractivity contribution in [3.05, 3.63) is 58.4 Å². The van der Waals surface area contributed by atoms with E-state index in [4.69, 9.17) is 16.3 Å². The smallest absolute Gasteiger partial charge is 0.267 e. The molecule has 1 aliphatic carbocycles. The van der Waals surface area contributed by atoms with Gasteiger partial charge in [-0.05, 0) is 42.2 Å². The Kier molecular flexibility index (Phi) is 4.71. The SMILES string of the molecule is COc1cccc2c1CCC2C(=O)NS(=O)(=O)c1cccc(Cl)c1F. The Morgan fingerprint density at radius 2 is 2.00 bits per heavy atom. The molecule has 25 heavy (non-hydrogen) atoms. The van der Waals surface area contributed by atoms with Crippen molar-refractivity contribution in [2.24, 2.45) is 0 Å². The lowest BCUT2D eigenvalue weighted by atomic mass is 10.0. The molecule has 2 aromatic carbocycles. The summed E-state index contributed by atoms with van der Waals surface area (Å²) in [6.07, 6.45) is 1.05. The van der Waals surface area contributed by atoms with Crippen LogP contribution in [0.3, 0.4) is 0 Å². The van der Waals surface area contributed by atoms with Crippen molar-refractivity contribution in [3.63, 3.8) is 0 Å². The fourth-order valence-electron chi connectivity index (χ4n) is 3.03. The molecule has 8 heteroatoms. The summed E-state index contributed by atoms with van der Waals surface area (Å²) < 4.78 is 45.9. The first kappa shape index (κ1) is 17.7. The van der Waals surface area contributed by atoms with Gasteiger partial charge in [0, 0.05) is 0 Å². The van der Waals surface area contributed by atoms with E-state index in [1.807, 2.05) is 4.72 Å². The van der Waals surface area contributed by atoms with Crippen LogP contribution < -0.4 is 9.46 Å². The summed E-state index contributed by atoms with van der Waals surface area (Å²) in [6, 6.07) is 8.90. The minimum Gasteiger partial charge on any atom is -0.496 e. The number of methoxy groups -OCH3 is 1. The molecule has 3 rings (SSSR count). The highest BCUT2D eigenvalue weighted by Gasteiger charge is 2.33. The fourth-order valence-corrected chi connectivity index (χ4v) is 4.39. The van der Waals surface area contributed by atoms with Crippen molar-refractivity contribution < 1.29 is 22.3 Å². The van der Waals surface area contributed by atoms with Crippen LogP contribution in [0.5, 0.6) is 5.75 Å². The molecule has 0 saturated heterocycles. The third-order valence-electron chi connectivity index (χ3n) is 4.20. The number of carbonyl (C=O) groups excluding carboxylic acids is 1. The van der Waals surface area contributed by atoms with E-state index in [-0.39, 0.29) is 5.02 Å². The standard InChI is InChI=1S/C17H15ClFNO4S/c1-24-14-6-2-4-10-11(14)8-9-12(10)17(21)20-25(22,23)15-7-3-5-13(18)16(15)19/h2-7,12H,8-9H2,1H3,(H,20,21). The summed E-state index contributed by atoms with van der Waals surface area (Å²) in [7, 11) is -2.82. The third-order valence-corrected chi connectivity index (χ3v) is 5.86. The highest BCUT2D eigenvalue weighted by Crippen LogP contribution is 2.38. The summed E-state index contributed by atoms with van der Waals surface area (Å²) in [5, 5.41) is -0.328. The molecule has 0 fully saturated rings. The summed E-state index contributed by atoms with van der Waals surface area (Å²) in [6.45, 7) is 0. The molecule has 1 unspecified atom stereocenters. The van der Waals surface area contributed by atoms with Crippen LogP contribution >= 0.6 is 11.6 Å². The van der Waals surface area contributed by atoms with E-state index in [0.717, 1.165) is 17.2 Å². The Balaban J connectivity index is 1.88. The molecule has 0 heterocycles. The lowest BCUT2D eigenvalue weighted by molar-refractivity contribution is -0.120. The number of carbonyl (C=O) groups is 1. The first-order valence-electron chi connectivity index (χ1n) is 7.51. The van der Waals surface area contributed by atoms with Crippen LogP contribution in [0.25, 0.3) is 0 Å². The third kappa shape index (κ3) is 3.21. The lowest BCUT2D eigenvalue weighted by Crippen LogP contribution is -2.34. The van der Waals surface area contributed by atoms with Crippen LogP contribution in [0, 0.1) is 5.82 Å². The van der Waals surface area contributed by atoms with Gasteiger partial charge in [0.1, 0.15) is 10.6 Å². The first-order valence-corrected chi connectivity index (χ1v) is 9.37. The van der Waals surface area contributed by atoms with Crippen LogP contribution in [-0.2, 0) is 21.2 Å². The van der Waals surface area contributed by atoms with Gasteiger partial charge in [-0.25, -0.2) is 17.5 Å². The van der Waals surface area contributed by atoms with E-state index in [1.54, 1.807) is 18.2 Å². The number of hydrogen-bond donors (Lipinski definition) is 1. The zero-order valence-corrected chi connectivity index (χ0v) is 14.8. The maximum absolute atomic E-state index is 14.0. The second-order valence-electron chi connectivity index (χ2n) is 5.64. The first-order chi connectivity index (χ1) is 11.8. The molecule has 1 atom stereocenters. The zero-order chi connectivity index (χ0) is 18.2. The van der Waals surface area contributed by atoms with E-state index in [1.165, 1.54) is 19.2 Å². The minimum atomic E-state index is -4.36. The Bertz CT molecular complexity index is 946. The van der Waals surface area contributed by atoms with Gasteiger partial charge >= 0.3 is 0 Å². The van der Waals surface area contributed by atoms with Crippen LogP contribution in [0.1, 0.15) is 23.5 Å². The van der Waals surface area contributed by atoms with Crippen LogP contribution in [-0.4, -0.2) is 21.4 Å². The fraction of sp³-hybridized carbons (Fsp3) is 0.235. The van der Waals surface area contributed by atoms with E-state index >= 15 is 0 Å². The number of rotatable bonds is 4. The molecule has 0 saturated carbocycles. The summed E-state index contributed by atoms with van der Waals surface area (Å²) in [5.41, 5.74) is 1.61. The van der Waals surface area contributed by atoms with Crippen molar-refractivity contribution in [2.45, 2.75) is 23.7 Å². The Hall–Kier alpha value is -2.12. The molecule has 132 valence electrons. The normalized spacial score (nSPS) is 16.4. The monoisotopic (exact) mass is 383 g/mol. The van der Waals surface area contributed by atoms with Gasteiger partial charge in [0.25, 0.3) is 10.0 Å². The summed E-state index contributed by atoms with van der Waals surface area (Å²) in [4.78, 5) is 11.9. The topological polar surface area (TPSA) is 72.5 Å². The van der Waals surface area contributed by atoms with Crippen LogP contribution in [0.2, 0.25) is 5.02 Å². The van der Waals surface area contributed by atoms with Crippen molar-refractivity contribution in [1.29, 1.82) is 0 Å². The molecule has 1 amide bonds. The van der Waals surface area contributed by atoms with Gasteiger partial charge in [0.05, 0.1) is 18.1 Å². The molecular formula is C17H15ClFNO4S. The van der Waals surface area contributed by atoms with Gasteiger partial charge < -0.3 is 4.74 Å². The van der Waals surface area contributed by atoms with Gasteiger partial charge in [-0.2, -0.15) is 0 Å². The minimum absolute atomic E-state index is 0.328. The highest BCUT2D eigenvalue weighted by atomic mass is 35.5. The number of benzene rings is 2. The summed E-state index contributed by atoms with van der Waals surface area (Å²) in [5.74, 6) is -1.76. The van der Waals surface area contributed by atoms with Gasteiger partial charge in [-0.15, -0.1) is 0 Å². The molecule has 5 nitrogen and oxygen atoms in total. The molecule has 0 spiro atoms. The van der Waals surface area contributed by atoms with Crippen LogP contribution in [0.4, 0.5) is 4.39 Å². The van der Waals surface area contributed by atoms with Gasteiger partial charge in [0.2, 0.25) is 5.91 Å². The molecule has 0 aromatic heterocycles. The van der Waals surface area contributed by atoms with E-state index in [0.29, 0.717) is 18.6 Å². The van der Waals surface area contributed by atoms with E-state index < -0.39 is 32.6 Å². The predicted molar refractivity (Wildman–Crippen MR) is 90.8 cm³/mol. The largest absolute Gasteiger partial charge is 0.496 e. The number of halogens is 2. The maximum atomic E-state index is 14.0. The number of amides is 1. The molecule has 1 N–H and O–H groups in total. The second kappa shape index (κ2) is 6.65. The van der Waals surface area contributed by atoms with Crippen LogP contribution in [0.15, 0.2) is 41.3 Å². The number of fused-ring (bicyclic) bond motifs is 1. The number of nitrogens with one attached hydrogen (secondary N) is 1. The van der Waals surface area contributed by atoms with Crippen molar-refractivity contribution >= 4 is 27.5 Å². The van der Waals surface area contributed by atoms with Gasteiger partial charge in [0.15, 0.2) is 5.82 Å². The number of hydrogen-bond acceptors (Lipinski definition) is 4. The Morgan fingerprint density at radius 1 is 1.28 bits per heavy atom. The molecule has 0 aliphatic heterocycles. The average molecular weight is 384 g/mol. The summed E-state index contributed by atoms with van der Waals surface area (Å²) >= 11 is 5.62. The molecule has 0 bridgehead atoms. The molecule has 0 radical (unpaired) electrons. The predicted octanol–water partition coefficient (Wildman–Crippen LogP) is 3.02. The molecule has 1 aliphatic rings. The zero-order valence-electron chi connectivity index (χ0n) is 13.3. The van der Waals surface area contributed by atoms with Crippen molar-refractivity contribution in [3.8, 4) is 5.75 Å². The Labute approximate surface area is 149 Å². The van der Waals surface area contributed by atoms with Crippen molar-refractivity contribution in [2.75, 3.05) is 7.11 Å². The van der Waals surface area contributed by atoms with Crippen molar-refractivity contribution in [1.82, 2.24) is 4.72 Å². The number of ether oxygens (including phenoxy) is 1. The van der Waals surface area contributed by atoms with E-state index in [9.17, 15) is 17.6 Å². The highest BCUT2D eigenvalue weighted by molar-refractivity contribution is 7.90. The van der Waals surface area contributed by atoms with Gasteiger partial charge in [-0.3, -0.25) is 4.79 Å². The number of sulfonamides is 1. The Morgan fingerprint density at radius 3 is 2.72 bits per heavy atom. The quantitative estimate of drug-likeness (QED) is 0.880. The second-order valence-corrected chi connectivity index (χ2v) is 7.70. The molecule has 2 aromatic rings. The molecular weight excluding hydrogens is 369 g/mol.